The topological polar surface area (TPSA) is 26.3 Å². The van der Waals surface area contributed by atoms with E-state index < -0.39 is 5.97 Å². The summed E-state index contributed by atoms with van der Waals surface area (Å²) in [5.74, 6) is -0.410. The smallest absolute Gasteiger partial charge is 0.339 e. The van der Waals surface area contributed by atoms with Crippen LogP contribution in [0.3, 0.4) is 0 Å². The Labute approximate surface area is 85.8 Å². The number of hydrogen-bond acceptors (Lipinski definition) is 3. The monoisotopic (exact) mass is 216 g/mol. The number of rotatable bonds is 3. The lowest BCUT2D eigenvalue weighted by molar-refractivity contribution is -0.136. The first-order chi connectivity index (χ1) is 6.16. The number of carbonyl (C=O) groups is 1. The Bertz CT molecular complexity index is 330. The Morgan fingerprint density at radius 3 is 2.92 bits per heavy atom. The van der Waals surface area contributed by atoms with Crippen LogP contribution in [0, 0.1) is 0 Å². The van der Waals surface area contributed by atoms with E-state index in [4.69, 9.17) is 16.3 Å². The lowest BCUT2D eigenvalue weighted by Crippen LogP contribution is -2.04. The van der Waals surface area contributed by atoms with Crippen molar-refractivity contribution in [2.45, 2.75) is 6.92 Å². The maximum atomic E-state index is 11.2. The van der Waals surface area contributed by atoms with Crippen LogP contribution in [0.5, 0.6) is 0 Å². The van der Waals surface area contributed by atoms with Gasteiger partial charge in [0.25, 0.3) is 0 Å². The van der Waals surface area contributed by atoms with Gasteiger partial charge in [0.15, 0.2) is 0 Å². The van der Waals surface area contributed by atoms with E-state index in [-0.39, 0.29) is 0 Å². The van der Waals surface area contributed by atoms with Gasteiger partial charge in [-0.3, -0.25) is 0 Å². The van der Waals surface area contributed by atoms with E-state index >= 15 is 0 Å². The van der Waals surface area contributed by atoms with Crippen molar-refractivity contribution in [1.82, 2.24) is 0 Å². The molecule has 0 spiro atoms. The Balaban J connectivity index is 2.80. The minimum absolute atomic E-state index is 0.321. The van der Waals surface area contributed by atoms with E-state index in [9.17, 15) is 4.79 Å². The molecule has 0 N–H and O–H groups in total. The summed E-state index contributed by atoms with van der Waals surface area (Å²) >= 11 is 7.20. The Hall–Kier alpha value is -0.800. The molecule has 1 aromatic heterocycles. The van der Waals surface area contributed by atoms with E-state index in [0.717, 1.165) is 0 Å². The van der Waals surface area contributed by atoms with Crippen LogP contribution in [0.25, 0.3) is 5.57 Å². The fraction of sp³-hybridized carbons (Fsp3) is 0.222. The van der Waals surface area contributed by atoms with Gasteiger partial charge in [-0.15, -0.1) is 11.3 Å². The third-order valence-corrected chi connectivity index (χ3v) is 2.81. The highest BCUT2D eigenvalue weighted by atomic mass is 35.5. The SMILES string of the molecule is C=C(C(=O)OCC)c1sccc1Cl. The largest absolute Gasteiger partial charge is 0.462 e. The summed E-state index contributed by atoms with van der Waals surface area (Å²) in [6, 6.07) is 1.73. The zero-order chi connectivity index (χ0) is 9.84. The molecule has 1 heterocycles. The highest BCUT2D eigenvalue weighted by Gasteiger charge is 2.14. The van der Waals surface area contributed by atoms with Crippen molar-refractivity contribution in [3.63, 3.8) is 0 Å². The van der Waals surface area contributed by atoms with Crippen LogP contribution in [0.2, 0.25) is 5.02 Å². The number of ether oxygens (including phenoxy) is 1. The summed E-state index contributed by atoms with van der Waals surface area (Å²) in [5, 5.41) is 2.35. The molecule has 0 aliphatic carbocycles. The fourth-order valence-corrected chi connectivity index (χ4v) is 1.95. The molecule has 0 bridgehead atoms. The van der Waals surface area contributed by atoms with Gasteiger partial charge in [-0.05, 0) is 18.4 Å². The van der Waals surface area contributed by atoms with Crippen LogP contribution in [-0.4, -0.2) is 12.6 Å². The van der Waals surface area contributed by atoms with Gasteiger partial charge < -0.3 is 4.74 Å². The van der Waals surface area contributed by atoms with Crippen molar-refractivity contribution in [1.29, 1.82) is 0 Å². The molecule has 0 aliphatic rings. The van der Waals surface area contributed by atoms with Gasteiger partial charge in [-0.25, -0.2) is 4.79 Å². The summed E-state index contributed by atoms with van der Waals surface area (Å²) in [4.78, 5) is 11.9. The van der Waals surface area contributed by atoms with E-state index in [1.807, 2.05) is 5.38 Å². The predicted octanol–water partition coefficient (Wildman–Crippen LogP) is 2.98. The quantitative estimate of drug-likeness (QED) is 0.574. The van der Waals surface area contributed by atoms with Crippen LogP contribution in [0.4, 0.5) is 0 Å². The molecule has 70 valence electrons. The number of esters is 1. The average molecular weight is 217 g/mol. The number of halogens is 1. The third-order valence-electron chi connectivity index (χ3n) is 1.41. The van der Waals surface area contributed by atoms with Crippen LogP contribution in [-0.2, 0) is 9.53 Å². The highest BCUT2D eigenvalue weighted by Crippen LogP contribution is 2.28. The minimum Gasteiger partial charge on any atom is -0.462 e. The van der Waals surface area contributed by atoms with Gasteiger partial charge in [-0.2, -0.15) is 0 Å². The first-order valence-electron chi connectivity index (χ1n) is 3.76. The van der Waals surface area contributed by atoms with E-state index in [1.165, 1.54) is 11.3 Å². The molecule has 0 atom stereocenters. The Morgan fingerprint density at radius 2 is 2.46 bits per heavy atom. The van der Waals surface area contributed by atoms with Gasteiger partial charge in [0.05, 0.1) is 22.1 Å². The van der Waals surface area contributed by atoms with Gasteiger partial charge in [0, 0.05) is 0 Å². The molecule has 2 nitrogen and oxygen atoms in total. The molecule has 0 amide bonds. The third kappa shape index (κ3) is 2.32. The summed E-state index contributed by atoms with van der Waals surface area (Å²) in [7, 11) is 0. The van der Waals surface area contributed by atoms with Crippen LogP contribution < -0.4 is 0 Å². The molecule has 0 radical (unpaired) electrons. The first kappa shape index (κ1) is 10.3. The normalized spacial score (nSPS) is 9.69. The van der Waals surface area contributed by atoms with Crippen LogP contribution in [0.1, 0.15) is 11.8 Å². The van der Waals surface area contributed by atoms with Crippen molar-refractivity contribution >= 4 is 34.5 Å². The molecule has 13 heavy (non-hydrogen) atoms. The lowest BCUT2D eigenvalue weighted by Gasteiger charge is -2.02. The average Bonchev–Trinajstić information content (AvgIpc) is 2.50. The van der Waals surface area contributed by atoms with Gasteiger partial charge in [-0.1, -0.05) is 18.2 Å². The molecule has 0 fully saturated rings. The lowest BCUT2D eigenvalue weighted by atomic mass is 10.2. The molecule has 0 aliphatic heterocycles. The summed E-state index contributed by atoms with van der Waals surface area (Å²) in [6.45, 7) is 5.73. The zero-order valence-corrected chi connectivity index (χ0v) is 8.74. The summed E-state index contributed by atoms with van der Waals surface area (Å²) < 4.78 is 4.79. The van der Waals surface area contributed by atoms with Crippen LogP contribution in [0.15, 0.2) is 18.0 Å². The van der Waals surface area contributed by atoms with Gasteiger partial charge in [0.1, 0.15) is 0 Å². The number of thiophene rings is 1. The van der Waals surface area contributed by atoms with Crippen molar-refractivity contribution in [2.75, 3.05) is 6.61 Å². The second-order valence-electron chi connectivity index (χ2n) is 2.30. The van der Waals surface area contributed by atoms with Gasteiger partial charge >= 0.3 is 5.97 Å². The molecule has 0 unspecified atom stereocenters. The highest BCUT2D eigenvalue weighted by molar-refractivity contribution is 7.12. The number of carbonyl (C=O) groups excluding carboxylic acids is 1. The molecule has 0 saturated carbocycles. The van der Waals surface area contributed by atoms with E-state index in [1.54, 1.807) is 13.0 Å². The predicted molar refractivity (Wildman–Crippen MR) is 55.0 cm³/mol. The minimum atomic E-state index is -0.410. The molecule has 0 saturated heterocycles. The maximum absolute atomic E-state index is 11.2. The number of hydrogen-bond donors (Lipinski definition) is 0. The molecule has 1 rings (SSSR count). The summed E-state index contributed by atoms with van der Waals surface area (Å²) in [6.07, 6.45) is 0. The first-order valence-corrected chi connectivity index (χ1v) is 5.02. The zero-order valence-electron chi connectivity index (χ0n) is 7.17. The Morgan fingerprint density at radius 1 is 1.77 bits per heavy atom. The maximum Gasteiger partial charge on any atom is 0.339 e. The van der Waals surface area contributed by atoms with Crippen LogP contribution >= 0.6 is 22.9 Å². The molecular weight excluding hydrogens is 208 g/mol. The van der Waals surface area contributed by atoms with Crippen molar-refractivity contribution in [3.05, 3.63) is 27.9 Å². The van der Waals surface area contributed by atoms with E-state index in [0.29, 0.717) is 22.1 Å². The molecular formula is C9H9ClO2S. The summed E-state index contributed by atoms with van der Waals surface area (Å²) in [5.41, 5.74) is 0.321. The molecule has 0 aromatic carbocycles. The fourth-order valence-electron chi connectivity index (χ4n) is 0.820. The van der Waals surface area contributed by atoms with Crippen molar-refractivity contribution < 1.29 is 9.53 Å². The second kappa shape index (κ2) is 4.44. The van der Waals surface area contributed by atoms with Crippen molar-refractivity contribution in [2.24, 2.45) is 0 Å². The van der Waals surface area contributed by atoms with Gasteiger partial charge in [0.2, 0.25) is 0 Å². The Kier molecular flexibility index (Phi) is 3.51. The molecule has 4 heteroatoms. The van der Waals surface area contributed by atoms with Crippen molar-refractivity contribution in [3.8, 4) is 0 Å². The molecule has 1 aromatic rings. The van der Waals surface area contributed by atoms with E-state index in [2.05, 4.69) is 6.58 Å². The second-order valence-corrected chi connectivity index (χ2v) is 3.62. The standard InChI is InChI=1S/C9H9ClO2S/c1-3-12-9(11)6(2)8-7(10)4-5-13-8/h4-5H,2-3H2,1H3.